The van der Waals surface area contributed by atoms with Crippen molar-refractivity contribution in [3.05, 3.63) is 181 Å². The van der Waals surface area contributed by atoms with Gasteiger partial charge in [-0.15, -0.1) is 0 Å². The molecule has 0 aliphatic rings. The van der Waals surface area contributed by atoms with E-state index in [1.807, 2.05) is 48.5 Å². The fourth-order valence-electron chi connectivity index (χ4n) is 5.36. The molecule has 0 aromatic heterocycles. The van der Waals surface area contributed by atoms with Crippen LogP contribution in [0.2, 0.25) is 20.1 Å². The first-order valence-corrected chi connectivity index (χ1v) is 16.7. The molecule has 236 valence electrons. The van der Waals surface area contributed by atoms with E-state index in [2.05, 4.69) is 70.5 Å². The SMILES string of the molecule is Fc1ccc(/C=C/[C@H](CCN(Cc2ccc(Cl)cc2)Cc2ccc(Cl)cc2)N(Cc2ccc(Cl)cc2)Cc2ccc(Cl)cc2)cc1. The first-order chi connectivity index (χ1) is 22.3. The van der Waals surface area contributed by atoms with Crippen LogP contribution in [0.4, 0.5) is 4.39 Å². The van der Waals surface area contributed by atoms with Gasteiger partial charge in [0.1, 0.15) is 5.82 Å². The van der Waals surface area contributed by atoms with Crippen LogP contribution < -0.4 is 0 Å². The summed E-state index contributed by atoms with van der Waals surface area (Å²) in [5.74, 6) is -0.249. The fourth-order valence-corrected chi connectivity index (χ4v) is 5.86. The Morgan fingerprint density at radius 1 is 0.500 bits per heavy atom. The van der Waals surface area contributed by atoms with E-state index in [4.69, 9.17) is 46.4 Å². The van der Waals surface area contributed by atoms with Crippen LogP contribution in [0, 0.1) is 5.82 Å². The quantitative estimate of drug-likeness (QED) is 0.114. The molecule has 46 heavy (non-hydrogen) atoms. The largest absolute Gasteiger partial charge is 0.295 e. The lowest BCUT2D eigenvalue weighted by Gasteiger charge is -2.32. The number of rotatable bonds is 14. The molecule has 0 N–H and O–H groups in total. The van der Waals surface area contributed by atoms with Crippen molar-refractivity contribution in [3.8, 4) is 0 Å². The molecule has 0 bridgehead atoms. The molecule has 0 aliphatic heterocycles. The van der Waals surface area contributed by atoms with Crippen LogP contribution in [0.5, 0.6) is 0 Å². The van der Waals surface area contributed by atoms with Crippen LogP contribution in [0.15, 0.2) is 127 Å². The molecule has 5 aromatic carbocycles. The minimum Gasteiger partial charge on any atom is -0.295 e. The van der Waals surface area contributed by atoms with Gasteiger partial charge in [0.2, 0.25) is 0 Å². The fraction of sp³-hybridized carbons (Fsp3) is 0.179. The Morgan fingerprint density at radius 2 is 0.870 bits per heavy atom. The Hall–Kier alpha value is -3.15. The minimum absolute atomic E-state index is 0.0503. The molecule has 0 spiro atoms. The normalized spacial score (nSPS) is 12.3. The summed E-state index contributed by atoms with van der Waals surface area (Å²) in [4.78, 5) is 4.92. The highest BCUT2D eigenvalue weighted by molar-refractivity contribution is 6.31. The van der Waals surface area contributed by atoms with Crippen LogP contribution in [-0.2, 0) is 26.2 Å². The molecule has 0 radical (unpaired) electrons. The van der Waals surface area contributed by atoms with Crippen molar-refractivity contribution in [1.29, 1.82) is 0 Å². The summed E-state index contributed by atoms with van der Waals surface area (Å²) in [5.41, 5.74) is 5.66. The molecule has 7 heteroatoms. The first-order valence-electron chi connectivity index (χ1n) is 15.2. The van der Waals surface area contributed by atoms with E-state index in [1.165, 1.54) is 23.3 Å². The van der Waals surface area contributed by atoms with Gasteiger partial charge in [0.25, 0.3) is 0 Å². The summed E-state index contributed by atoms with van der Waals surface area (Å²) < 4.78 is 13.7. The molecule has 5 rings (SSSR count). The summed E-state index contributed by atoms with van der Waals surface area (Å²) in [6.45, 7) is 3.78. The van der Waals surface area contributed by atoms with Crippen LogP contribution in [0.25, 0.3) is 6.08 Å². The zero-order chi connectivity index (χ0) is 32.3. The summed E-state index contributed by atoms with van der Waals surface area (Å²) >= 11 is 24.9. The summed E-state index contributed by atoms with van der Waals surface area (Å²) in [6.07, 6.45) is 5.17. The van der Waals surface area contributed by atoms with E-state index in [9.17, 15) is 4.39 Å². The molecule has 0 amide bonds. The predicted octanol–water partition coefficient (Wildman–Crippen LogP) is 11.6. The molecule has 1 atom stereocenters. The summed E-state index contributed by atoms with van der Waals surface area (Å²) in [5, 5.41) is 2.86. The monoisotopic (exact) mass is 690 g/mol. The predicted molar refractivity (Wildman–Crippen MR) is 193 cm³/mol. The highest BCUT2D eigenvalue weighted by atomic mass is 35.5. The molecule has 0 aliphatic carbocycles. The molecule has 2 nitrogen and oxygen atoms in total. The highest BCUT2D eigenvalue weighted by Crippen LogP contribution is 2.23. The van der Waals surface area contributed by atoms with Crippen LogP contribution in [-0.4, -0.2) is 22.4 Å². The molecule has 0 unspecified atom stereocenters. The Labute approximate surface area is 291 Å². The lowest BCUT2D eigenvalue weighted by atomic mass is 10.0. The Bertz CT molecular complexity index is 1580. The minimum atomic E-state index is -0.249. The maximum absolute atomic E-state index is 13.7. The van der Waals surface area contributed by atoms with E-state index in [-0.39, 0.29) is 11.9 Å². The molecule has 0 saturated heterocycles. The number of nitrogens with zero attached hydrogens (tertiary/aromatic N) is 2. The van der Waals surface area contributed by atoms with Crippen molar-refractivity contribution < 1.29 is 4.39 Å². The average molecular weight is 693 g/mol. The molecular formula is C39H35Cl4FN2. The van der Waals surface area contributed by atoms with E-state index in [0.29, 0.717) is 23.1 Å². The summed E-state index contributed by atoms with van der Waals surface area (Å²) in [6, 6.07) is 38.7. The van der Waals surface area contributed by atoms with E-state index in [0.717, 1.165) is 52.8 Å². The lowest BCUT2D eigenvalue weighted by molar-refractivity contribution is 0.171. The van der Waals surface area contributed by atoms with Gasteiger partial charge in [-0.1, -0.05) is 119 Å². The number of benzene rings is 5. The van der Waals surface area contributed by atoms with Gasteiger partial charge in [0.15, 0.2) is 0 Å². The second-order valence-electron chi connectivity index (χ2n) is 11.4. The molecule has 5 aromatic rings. The van der Waals surface area contributed by atoms with Crippen molar-refractivity contribution in [3.63, 3.8) is 0 Å². The second-order valence-corrected chi connectivity index (χ2v) is 13.1. The maximum atomic E-state index is 13.7. The molecule has 0 saturated carbocycles. The number of halogens is 5. The zero-order valence-electron chi connectivity index (χ0n) is 25.3. The van der Waals surface area contributed by atoms with Gasteiger partial charge in [-0.05, 0) is 94.9 Å². The van der Waals surface area contributed by atoms with E-state index >= 15 is 0 Å². The molecular weight excluding hydrogens is 657 g/mol. The van der Waals surface area contributed by atoms with Gasteiger partial charge in [-0.2, -0.15) is 0 Å². The first kappa shape index (κ1) is 34.2. The van der Waals surface area contributed by atoms with Gasteiger partial charge in [0.05, 0.1) is 0 Å². The maximum Gasteiger partial charge on any atom is 0.123 e. The lowest BCUT2D eigenvalue weighted by Crippen LogP contribution is -2.36. The van der Waals surface area contributed by atoms with Gasteiger partial charge in [-0.3, -0.25) is 9.80 Å². The van der Waals surface area contributed by atoms with Gasteiger partial charge in [-0.25, -0.2) is 4.39 Å². The number of hydrogen-bond donors (Lipinski definition) is 0. The second kappa shape index (κ2) is 17.1. The molecule has 0 heterocycles. The van der Waals surface area contributed by atoms with Gasteiger partial charge < -0.3 is 0 Å². The Kier molecular flexibility index (Phi) is 12.7. The third kappa shape index (κ3) is 11.0. The van der Waals surface area contributed by atoms with Crippen LogP contribution in [0.1, 0.15) is 34.2 Å². The van der Waals surface area contributed by atoms with Crippen LogP contribution in [0.3, 0.4) is 0 Å². The third-order valence-electron chi connectivity index (χ3n) is 7.83. The van der Waals surface area contributed by atoms with Crippen LogP contribution >= 0.6 is 46.4 Å². The van der Waals surface area contributed by atoms with Gasteiger partial charge in [0, 0.05) is 58.9 Å². The Morgan fingerprint density at radius 3 is 1.26 bits per heavy atom. The van der Waals surface area contributed by atoms with E-state index < -0.39 is 0 Å². The van der Waals surface area contributed by atoms with Gasteiger partial charge >= 0.3 is 0 Å². The van der Waals surface area contributed by atoms with Crippen molar-refractivity contribution in [2.24, 2.45) is 0 Å². The van der Waals surface area contributed by atoms with E-state index in [1.54, 1.807) is 12.1 Å². The topological polar surface area (TPSA) is 6.48 Å². The van der Waals surface area contributed by atoms with Crippen molar-refractivity contribution in [1.82, 2.24) is 9.80 Å². The van der Waals surface area contributed by atoms with Crippen molar-refractivity contribution in [2.75, 3.05) is 6.54 Å². The zero-order valence-corrected chi connectivity index (χ0v) is 28.3. The summed E-state index contributed by atoms with van der Waals surface area (Å²) in [7, 11) is 0. The number of hydrogen-bond acceptors (Lipinski definition) is 2. The van der Waals surface area contributed by atoms with Crippen molar-refractivity contribution in [2.45, 2.75) is 38.6 Å². The highest BCUT2D eigenvalue weighted by Gasteiger charge is 2.20. The molecule has 0 fully saturated rings. The smallest absolute Gasteiger partial charge is 0.123 e. The Balaban J connectivity index is 1.45. The average Bonchev–Trinajstić information content (AvgIpc) is 3.05. The standard InChI is InChI=1S/C39H35Cl4FN2/c40-34-12-1-30(2-13-34)25-45(26-31-3-14-35(41)15-4-31)24-23-39(22-11-29-9-20-38(44)21-10-29)46(27-32-5-16-36(42)17-6-32)28-33-7-18-37(43)19-8-33/h1-22,39H,23-28H2/b22-11+/t39-/m1/s1. The third-order valence-corrected chi connectivity index (χ3v) is 8.84. The van der Waals surface area contributed by atoms with Crippen molar-refractivity contribution >= 4 is 52.5 Å².